The lowest BCUT2D eigenvalue weighted by molar-refractivity contribution is 0.102. The Kier molecular flexibility index (Phi) is 8.14. The molecule has 3 rings (SSSR count). The molecule has 3 aromatic carbocycles. The number of ether oxygens (including phenoxy) is 3. The summed E-state index contributed by atoms with van der Waals surface area (Å²) in [6, 6.07) is 19.1. The van der Waals surface area contributed by atoms with Crippen LogP contribution in [0.15, 0.2) is 66.7 Å². The fraction of sp³-hybridized carbons (Fsp3) is 0.259. The summed E-state index contributed by atoms with van der Waals surface area (Å²) in [5.74, 6) is 0.675. The molecule has 0 bridgehead atoms. The number of nitrogens with one attached hydrogen (secondary N) is 2. The van der Waals surface area contributed by atoms with Crippen molar-refractivity contribution in [1.82, 2.24) is 0 Å². The molecule has 0 atom stereocenters. The van der Waals surface area contributed by atoms with Crippen LogP contribution in [-0.4, -0.2) is 31.1 Å². The van der Waals surface area contributed by atoms with Gasteiger partial charge in [-0.2, -0.15) is 0 Å². The molecule has 0 fully saturated rings. The summed E-state index contributed by atoms with van der Waals surface area (Å²) < 4.78 is 16.9. The second-order valence-corrected chi connectivity index (χ2v) is 8.15. The van der Waals surface area contributed by atoms with E-state index < -0.39 is 5.91 Å². The van der Waals surface area contributed by atoms with Crippen LogP contribution in [0.25, 0.3) is 0 Å². The van der Waals surface area contributed by atoms with E-state index in [9.17, 15) is 9.59 Å². The van der Waals surface area contributed by atoms with Crippen LogP contribution in [0.2, 0.25) is 0 Å². The molecule has 0 aliphatic rings. The summed E-state index contributed by atoms with van der Waals surface area (Å²) >= 11 is 0. The van der Waals surface area contributed by atoms with Gasteiger partial charge in [-0.3, -0.25) is 9.59 Å². The molecule has 0 heterocycles. The van der Waals surface area contributed by atoms with Gasteiger partial charge in [-0.25, -0.2) is 0 Å². The normalized spacial score (nSPS) is 10.7. The van der Waals surface area contributed by atoms with E-state index in [0.29, 0.717) is 34.2 Å². The van der Waals surface area contributed by atoms with E-state index in [1.54, 1.807) is 42.5 Å². The first kappa shape index (κ1) is 24.6. The molecule has 0 unspecified atom stereocenters. The van der Waals surface area contributed by atoms with Gasteiger partial charge >= 0.3 is 0 Å². The maximum atomic E-state index is 13.1. The number of carbonyl (C=O) groups excluding carboxylic acids is 2. The van der Waals surface area contributed by atoms with Crippen LogP contribution in [0.3, 0.4) is 0 Å². The zero-order valence-corrected chi connectivity index (χ0v) is 20.0. The maximum Gasteiger partial charge on any atom is 0.259 e. The highest BCUT2D eigenvalue weighted by Crippen LogP contribution is 2.29. The quantitative estimate of drug-likeness (QED) is 0.421. The third-order valence-electron chi connectivity index (χ3n) is 4.70. The Morgan fingerprint density at radius 2 is 1.18 bits per heavy atom. The van der Waals surface area contributed by atoms with E-state index in [2.05, 4.69) is 10.6 Å². The molecule has 0 aliphatic heterocycles. The lowest BCUT2D eigenvalue weighted by atomic mass is 10.1. The van der Waals surface area contributed by atoms with Gasteiger partial charge in [0.25, 0.3) is 11.8 Å². The molecule has 0 aromatic heterocycles. The van der Waals surface area contributed by atoms with Crippen molar-refractivity contribution in [1.29, 1.82) is 0 Å². The second kappa shape index (κ2) is 11.2. The second-order valence-electron chi connectivity index (χ2n) is 8.15. The predicted molar refractivity (Wildman–Crippen MR) is 133 cm³/mol. The van der Waals surface area contributed by atoms with E-state index in [1.165, 1.54) is 13.2 Å². The summed E-state index contributed by atoms with van der Waals surface area (Å²) in [5.41, 5.74) is 1.60. The van der Waals surface area contributed by atoms with Crippen LogP contribution in [0.5, 0.6) is 17.2 Å². The molecule has 0 spiro atoms. The Morgan fingerprint density at radius 1 is 0.676 bits per heavy atom. The van der Waals surface area contributed by atoms with Crippen molar-refractivity contribution >= 4 is 23.2 Å². The highest BCUT2D eigenvalue weighted by molar-refractivity contribution is 6.10. The van der Waals surface area contributed by atoms with Gasteiger partial charge in [-0.15, -0.1) is 0 Å². The zero-order valence-electron chi connectivity index (χ0n) is 20.0. The summed E-state index contributed by atoms with van der Waals surface area (Å²) in [7, 11) is 1.47. The molecule has 7 nitrogen and oxygen atoms in total. The van der Waals surface area contributed by atoms with Crippen LogP contribution >= 0.6 is 0 Å². The fourth-order valence-electron chi connectivity index (χ4n) is 3.26. The highest BCUT2D eigenvalue weighted by atomic mass is 16.5. The van der Waals surface area contributed by atoms with Crippen molar-refractivity contribution in [3.05, 3.63) is 77.9 Å². The average Bonchev–Trinajstić information content (AvgIpc) is 2.80. The minimum absolute atomic E-state index is 0.0445. The van der Waals surface area contributed by atoms with E-state index in [-0.39, 0.29) is 23.7 Å². The molecular weight excluding hydrogens is 432 g/mol. The molecule has 34 heavy (non-hydrogen) atoms. The van der Waals surface area contributed by atoms with E-state index in [1.807, 2.05) is 45.9 Å². The lowest BCUT2D eigenvalue weighted by Gasteiger charge is -2.16. The minimum Gasteiger partial charge on any atom is -0.496 e. The highest BCUT2D eigenvalue weighted by Gasteiger charge is 2.19. The van der Waals surface area contributed by atoms with Crippen molar-refractivity contribution in [2.75, 3.05) is 17.7 Å². The number of para-hydroxylation sites is 4. The number of carbonyl (C=O) groups is 2. The molecule has 0 saturated carbocycles. The van der Waals surface area contributed by atoms with Gasteiger partial charge in [0.05, 0.1) is 36.3 Å². The van der Waals surface area contributed by atoms with Gasteiger partial charge in [0.1, 0.15) is 17.2 Å². The summed E-state index contributed by atoms with van der Waals surface area (Å²) in [6.45, 7) is 7.65. The Morgan fingerprint density at radius 3 is 1.68 bits per heavy atom. The van der Waals surface area contributed by atoms with E-state index in [4.69, 9.17) is 14.2 Å². The molecule has 2 N–H and O–H groups in total. The van der Waals surface area contributed by atoms with E-state index >= 15 is 0 Å². The minimum atomic E-state index is -0.421. The largest absolute Gasteiger partial charge is 0.496 e. The van der Waals surface area contributed by atoms with Gasteiger partial charge in [-0.1, -0.05) is 24.3 Å². The lowest BCUT2D eigenvalue weighted by Crippen LogP contribution is -2.18. The first-order chi connectivity index (χ1) is 16.3. The van der Waals surface area contributed by atoms with Crippen molar-refractivity contribution in [3.8, 4) is 17.2 Å². The standard InChI is InChI=1S/C27H30N2O5/c1-17(2)33-24-12-8-6-10-21(24)28-26(30)19-14-15-23(32-5)20(16-19)27(31)29-22-11-7-9-13-25(22)34-18(3)4/h6-18H,1-5H3,(H,28,30)(H,29,31). The SMILES string of the molecule is COc1ccc(C(=O)Nc2ccccc2OC(C)C)cc1C(=O)Nc1ccccc1OC(C)C. The van der Waals surface area contributed by atoms with Crippen LogP contribution in [0.1, 0.15) is 48.4 Å². The molecule has 2 amide bonds. The van der Waals surface area contributed by atoms with Crippen molar-refractivity contribution in [3.63, 3.8) is 0 Å². The number of hydrogen-bond acceptors (Lipinski definition) is 5. The van der Waals surface area contributed by atoms with Crippen LogP contribution < -0.4 is 24.8 Å². The summed E-state index contributed by atoms with van der Waals surface area (Å²) in [5, 5.41) is 5.72. The number of hydrogen-bond donors (Lipinski definition) is 2. The molecule has 0 aliphatic carbocycles. The number of amides is 2. The molecule has 0 radical (unpaired) electrons. The summed E-state index contributed by atoms with van der Waals surface area (Å²) in [6.07, 6.45) is -0.0981. The Bertz CT molecular complexity index is 1160. The fourth-order valence-corrected chi connectivity index (χ4v) is 3.26. The number of anilines is 2. The maximum absolute atomic E-state index is 13.1. The van der Waals surface area contributed by atoms with Crippen LogP contribution in [-0.2, 0) is 0 Å². The molecular formula is C27H30N2O5. The van der Waals surface area contributed by atoms with E-state index in [0.717, 1.165) is 0 Å². The van der Waals surface area contributed by atoms with Crippen molar-refractivity contribution in [2.24, 2.45) is 0 Å². The Balaban J connectivity index is 1.85. The molecule has 178 valence electrons. The topological polar surface area (TPSA) is 85.9 Å². The first-order valence-electron chi connectivity index (χ1n) is 11.1. The molecule has 3 aromatic rings. The third kappa shape index (κ3) is 6.28. The van der Waals surface area contributed by atoms with Gasteiger partial charge in [0.2, 0.25) is 0 Å². The zero-order chi connectivity index (χ0) is 24.7. The van der Waals surface area contributed by atoms with Crippen molar-refractivity contribution in [2.45, 2.75) is 39.9 Å². The molecule has 0 saturated heterocycles. The first-order valence-corrected chi connectivity index (χ1v) is 11.1. The number of methoxy groups -OCH3 is 1. The average molecular weight is 463 g/mol. The monoisotopic (exact) mass is 462 g/mol. The van der Waals surface area contributed by atoms with Crippen molar-refractivity contribution < 1.29 is 23.8 Å². The van der Waals surface area contributed by atoms with Gasteiger partial charge in [0.15, 0.2) is 0 Å². The van der Waals surface area contributed by atoms with Crippen LogP contribution in [0, 0.1) is 0 Å². The molecule has 7 heteroatoms. The number of rotatable bonds is 9. The Labute approximate surface area is 200 Å². The van der Waals surface area contributed by atoms with Gasteiger partial charge < -0.3 is 24.8 Å². The summed E-state index contributed by atoms with van der Waals surface area (Å²) in [4.78, 5) is 26.1. The van der Waals surface area contributed by atoms with Crippen LogP contribution in [0.4, 0.5) is 11.4 Å². The smallest absolute Gasteiger partial charge is 0.259 e. The van der Waals surface area contributed by atoms with Gasteiger partial charge in [-0.05, 0) is 70.2 Å². The Hall–Kier alpha value is -4.00. The third-order valence-corrected chi connectivity index (χ3v) is 4.70. The number of benzene rings is 3. The predicted octanol–water partition coefficient (Wildman–Crippen LogP) is 5.77. The van der Waals surface area contributed by atoms with Gasteiger partial charge in [0, 0.05) is 5.56 Å².